The molecule has 3 aromatic heterocycles. The smallest absolute Gasteiger partial charge is 0.257 e. The molecule has 0 saturated heterocycles. The van der Waals surface area contributed by atoms with Crippen LogP contribution in [0.4, 0.5) is 0 Å². The average Bonchev–Trinajstić information content (AvgIpc) is 3.50. The molecule has 31 heavy (non-hydrogen) atoms. The Bertz CT molecular complexity index is 1320. The van der Waals surface area contributed by atoms with Crippen molar-refractivity contribution in [3.05, 3.63) is 103 Å². The summed E-state index contributed by atoms with van der Waals surface area (Å²) < 4.78 is 3.64. The number of carbonyl (C=O) groups is 1. The second-order valence-electron chi connectivity index (χ2n) is 7.25. The molecule has 0 fully saturated rings. The summed E-state index contributed by atoms with van der Waals surface area (Å²) in [5, 5.41) is 7.47. The molecule has 2 aromatic carbocycles. The molecule has 0 aliphatic heterocycles. The van der Waals surface area contributed by atoms with Gasteiger partial charge in [0, 0.05) is 29.8 Å². The molecular formula is C24H20N6O. The summed E-state index contributed by atoms with van der Waals surface area (Å²) in [7, 11) is 0. The second kappa shape index (κ2) is 7.87. The summed E-state index contributed by atoms with van der Waals surface area (Å²) in [5.74, 6) is -0.209. The molecule has 7 nitrogen and oxygen atoms in total. The Balaban J connectivity index is 1.38. The van der Waals surface area contributed by atoms with E-state index in [2.05, 4.69) is 20.4 Å². The van der Waals surface area contributed by atoms with Gasteiger partial charge in [0.2, 0.25) is 0 Å². The predicted molar refractivity (Wildman–Crippen MR) is 118 cm³/mol. The summed E-state index contributed by atoms with van der Waals surface area (Å²) in [4.78, 5) is 21.5. The van der Waals surface area contributed by atoms with E-state index in [1.54, 1.807) is 29.4 Å². The topological polar surface area (TPSA) is 77.1 Å². The molecule has 0 unspecified atom stereocenters. The van der Waals surface area contributed by atoms with E-state index in [0.29, 0.717) is 11.2 Å². The van der Waals surface area contributed by atoms with E-state index in [1.165, 1.54) is 0 Å². The number of nitrogens with one attached hydrogen (secondary N) is 1. The van der Waals surface area contributed by atoms with Crippen molar-refractivity contribution in [2.45, 2.75) is 13.0 Å². The Hall–Kier alpha value is -4.26. The van der Waals surface area contributed by atoms with E-state index < -0.39 is 0 Å². The molecule has 0 aliphatic carbocycles. The lowest BCUT2D eigenvalue weighted by molar-refractivity contribution is 0.0941. The summed E-state index contributed by atoms with van der Waals surface area (Å²) in [6.07, 6.45) is 8.65. The van der Waals surface area contributed by atoms with Crippen molar-refractivity contribution < 1.29 is 4.79 Å². The van der Waals surface area contributed by atoms with Crippen molar-refractivity contribution in [2.24, 2.45) is 0 Å². The van der Waals surface area contributed by atoms with Gasteiger partial charge in [-0.1, -0.05) is 42.5 Å². The minimum atomic E-state index is -0.209. The van der Waals surface area contributed by atoms with Crippen LogP contribution in [0.2, 0.25) is 0 Å². The molecule has 0 saturated carbocycles. The SMILES string of the molecule is C[C@H](NC(=O)c1cnn2c(-c3ccccc3)ccnc12)c1ccc(-n2ccnc2)cc1. The van der Waals surface area contributed by atoms with Crippen LogP contribution in [-0.4, -0.2) is 30.1 Å². The highest BCUT2D eigenvalue weighted by molar-refractivity contribution is 6.00. The van der Waals surface area contributed by atoms with E-state index in [-0.39, 0.29) is 11.9 Å². The van der Waals surface area contributed by atoms with Gasteiger partial charge < -0.3 is 9.88 Å². The predicted octanol–water partition coefficient (Wildman–Crippen LogP) is 4.07. The number of hydrogen-bond acceptors (Lipinski definition) is 4. The van der Waals surface area contributed by atoms with Crippen molar-refractivity contribution in [2.75, 3.05) is 0 Å². The van der Waals surface area contributed by atoms with Gasteiger partial charge in [-0.2, -0.15) is 5.10 Å². The number of fused-ring (bicyclic) bond motifs is 1. The van der Waals surface area contributed by atoms with Crippen LogP contribution in [-0.2, 0) is 0 Å². The largest absolute Gasteiger partial charge is 0.345 e. The number of rotatable bonds is 5. The lowest BCUT2D eigenvalue weighted by Crippen LogP contribution is -2.26. The molecule has 5 aromatic rings. The van der Waals surface area contributed by atoms with Crippen molar-refractivity contribution in [3.8, 4) is 16.9 Å². The lowest BCUT2D eigenvalue weighted by atomic mass is 10.1. The van der Waals surface area contributed by atoms with Gasteiger partial charge in [0.1, 0.15) is 5.56 Å². The summed E-state index contributed by atoms with van der Waals surface area (Å²) >= 11 is 0. The van der Waals surface area contributed by atoms with Crippen LogP contribution >= 0.6 is 0 Å². The van der Waals surface area contributed by atoms with Crippen LogP contribution in [0.25, 0.3) is 22.6 Å². The average molecular weight is 408 g/mol. The maximum Gasteiger partial charge on any atom is 0.257 e. The van der Waals surface area contributed by atoms with E-state index in [4.69, 9.17) is 0 Å². The maximum absolute atomic E-state index is 13.0. The summed E-state index contributed by atoms with van der Waals surface area (Å²) in [6.45, 7) is 1.96. The third kappa shape index (κ3) is 3.57. The molecule has 0 spiro atoms. The molecule has 1 N–H and O–H groups in total. The van der Waals surface area contributed by atoms with Gasteiger partial charge in [-0.3, -0.25) is 4.79 Å². The fourth-order valence-electron chi connectivity index (χ4n) is 3.58. The number of amides is 1. The normalized spacial score (nSPS) is 12.0. The van der Waals surface area contributed by atoms with Crippen LogP contribution in [0.5, 0.6) is 0 Å². The van der Waals surface area contributed by atoms with Crippen LogP contribution < -0.4 is 5.32 Å². The lowest BCUT2D eigenvalue weighted by Gasteiger charge is -2.14. The van der Waals surface area contributed by atoms with Gasteiger partial charge in [-0.25, -0.2) is 14.5 Å². The van der Waals surface area contributed by atoms with Crippen molar-refractivity contribution in [3.63, 3.8) is 0 Å². The van der Waals surface area contributed by atoms with Gasteiger partial charge in [0.05, 0.1) is 24.3 Å². The number of nitrogens with zero attached hydrogens (tertiary/aromatic N) is 5. The van der Waals surface area contributed by atoms with Crippen LogP contribution in [0.15, 0.2) is 91.8 Å². The number of hydrogen-bond donors (Lipinski definition) is 1. The minimum absolute atomic E-state index is 0.170. The van der Waals surface area contributed by atoms with Gasteiger partial charge in [-0.05, 0) is 30.7 Å². The van der Waals surface area contributed by atoms with Gasteiger partial charge in [0.25, 0.3) is 5.91 Å². The molecule has 0 bridgehead atoms. The molecule has 152 valence electrons. The van der Waals surface area contributed by atoms with Gasteiger partial charge in [0.15, 0.2) is 5.65 Å². The zero-order valence-corrected chi connectivity index (χ0v) is 16.9. The number of carbonyl (C=O) groups excluding carboxylic acids is 1. The molecular weight excluding hydrogens is 388 g/mol. The van der Waals surface area contributed by atoms with Gasteiger partial charge in [-0.15, -0.1) is 0 Å². The molecule has 0 aliphatic rings. The quantitative estimate of drug-likeness (QED) is 0.476. The zero-order valence-electron chi connectivity index (χ0n) is 16.9. The number of imidazole rings is 1. The molecule has 3 heterocycles. The summed E-state index contributed by atoms with van der Waals surface area (Å²) in [6, 6.07) is 19.6. The zero-order chi connectivity index (χ0) is 21.2. The van der Waals surface area contributed by atoms with Gasteiger partial charge >= 0.3 is 0 Å². The van der Waals surface area contributed by atoms with Crippen molar-refractivity contribution in [1.82, 2.24) is 29.5 Å². The first-order chi connectivity index (χ1) is 15.2. The van der Waals surface area contributed by atoms with Crippen LogP contribution in [0.1, 0.15) is 28.9 Å². The van der Waals surface area contributed by atoms with Crippen LogP contribution in [0, 0.1) is 0 Å². The third-order valence-corrected chi connectivity index (χ3v) is 5.26. The third-order valence-electron chi connectivity index (χ3n) is 5.26. The highest BCUT2D eigenvalue weighted by Gasteiger charge is 2.18. The monoisotopic (exact) mass is 408 g/mol. The first-order valence-corrected chi connectivity index (χ1v) is 9.98. The first kappa shape index (κ1) is 18.7. The van der Waals surface area contributed by atoms with E-state index in [9.17, 15) is 4.79 Å². The highest BCUT2D eigenvalue weighted by Crippen LogP contribution is 2.21. The van der Waals surface area contributed by atoms with Crippen molar-refractivity contribution in [1.29, 1.82) is 0 Å². The Labute approximate surface area is 179 Å². The van der Waals surface area contributed by atoms with E-state index in [0.717, 1.165) is 22.5 Å². The van der Waals surface area contributed by atoms with E-state index in [1.807, 2.05) is 78.4 Å². The standard InChI is InChI=1S/C24H20N6O/c1-17(18-7-9-20(10-8-18)29-14-13-25-16-29)28-24(31)21-15-27-30-22(11-12-26-23(21)30)19-5-3-2-4-6-19/h2-17H,1H3,(H,28,31)/t17-/m0/s1. The highest BCUT2D eigenvalue weighted by atomic mass is 16.1. The minimum Gasteiger partial charge on any atom is -0.345 e. The molecule has 1 atom stereocenters. The maximum atomic E-state index is 13.0. The molecule has 5 rings (SSSR count). The fraction of sp³-hybridized carbons (Fsp3) is 0.0833. The number of benzene rings is 2. The summed E-state index contributed by atoms with van der Waals surface area (Å²) in [5.41, 5.74) is 4.89. The Kier molecular flexibility index (Phi) is 4.76. The molecule has 7 heteroatoms. The van der Waals surface area contributed by atoms with Crippen molar-refractivity contribution >= 4 is 11.6 Å². The Morgan fingerprint density at radius 3 is 2.55 bits per heavy atom. The van der Waals surface area contributed by atoms with Crippen LogP contribution in [0.3, 0.4) is 0 Å². The second-order valence-corrected chi connectivity index (χ2v) is 7.25. The molecule has 1 amide bonds. The Morgan fingerprint density at radius 1 is 1.00 bits per heavy atom. The van der Waals surface area contributed by atoms with E-state index >= 15 is 0 Å². The Morgan fingerprint density at radius 2 is 1.81 bits per heavy atom. The fourth-order valence-corrected chi connectivity index (χ4v) is 3.58. The molecule has 0 radical (unpaired) electrons. The number of aromatic nitrogens is 5. The first-order valence-electron chi connectivity index (χ1n) is 9.98.